The third-order valence-corrected chi connectivity index (χ3v) is 9.41. The Balaban J connectivity index is 0.906. The fraction of sp³-hybridized carbons (Fsp3) is 0.316. The second-order valence-electron chi connectivity index (χ2n) is 12.8. The zero-order valence-corrected chi connectivity index (χ0v) is 29.4. The van der Waals surface area contributed by atoms with E-state index >= 15 is 0 Å². The van der Waals surface area contributed by atoms with Gasteiger partial charge in [0, 0.05) is 59.9 Å². The molecule has 0 spiro atoms. The standard InChI is InChI=1S/C38H41N7O6S/c39-31(19-29-22-52-23-42-29)37(49)41-17-3-1-2-16-40-35(47)25-8-11-28(12-9-25)43-36(48)26-6-4-24(5-7-26)20-45(30-13-14-30)38(50)27-10-15-32-33(18-27)51-21-34(46)44-32/h4-12,15,18,22-23,30-31H,1-3,13-14,16-17,19-21,39H2,(H,40,47)(H,41,49)(H,43,48)(H,44,46)/t31-/m0/s1. The zero-order valence-electron chi connectivity index (χ0n) is 28.6. The highest BCUT2D eigenvalue weighted by Gasteiger charge is 2.33. The minimum Gasteiger partial charge on any atom is -0.482 e. The van der Waals surface area contributed by atoms with Crippen LogP contribution in [0.3, 0.4) is 0 Å². The first-order chi connectivity index (χ1) is 25.2. The van der Waals surface area contributed by atoms with Gasteiger partial charge in [-0.05, 0) is 92.3 Å². The van der Waals surface area contributed by atoms with Crippen molar-refractivity contribution in [3.05, 3.63) is 106 Å². The summed E-state index contributed by atoms with van der Waals surface area (Å²) in [5, 5.41) is 13.2. The summed E-state index contributed by atoms with van der Waals surface area (Å²) < 4.78 is 5.49. The summed E-state index contributed by atoms with van der Waals surface area (Å²) in [5.74, 6) is -0.570. The van der Waals surface area contributed by atoms with Gasteiger partial charge in [0.1, 0.15) is 5.75 Å². The number of hydrogen-bond acceptors (Lipinski definition) is 9. The van der Waals surface area contributed by atoms with Crippen molar-refractivity contribution in [2.24, 2.45) is 5.73 Å². The van der Waals surface area contributed by atoms with Crippen LogP contribution in [0.5, 0.6) is 5.75 Å². The first-order valence-corrected chi connectivity index (χ1v) is 18.2. The summed E-state index contributed by atoms with van der Waals surface area (Å²) in [5.41, 5.74) is 11.9. The SMILES string of the molecule is N[C@@H](Cc1cscn1)C(=O)NCCCCCNC(=O)c1ccc(NC(=O)c2ccc(CN(C(=O)c3ccc4c(c3)OCC(=O)N4)C3CC3)cc2)cc1. The van der Waals surface area contributed by atoms with Gasteiger partial charge in [0.15, 0.2) is 6.61 Å². The van der Waals surface area contributed by atoms with E-state index in [9.17, 15) is 24.0 Å². The molecule has 3 aromatic carbocycles. The topological polar surface area (TPSA) is 185 Å². The van der Waals surface area contributed by atoms with Crippen LogP contribution >= 0.6 is 11.3 Å². The Morgan fingerprint density at radius 1 is 0.904 bits per heavy atom. The molecule has 6 rings (SSSR count). The number of hydrogen-bond donors (Lipinski definition) is 5. The van der Waals surface area contributed by atoms with Gasteiger partial charge in [0.2, 0.25) is 5.91 Å². The predicted molar refractivity (Wildman–Crippen MR) is 197 cm³/mol. The third-order valence-electron chi connectivity index (χ3n) is 8.77. The van der Waals surface area contributed by atoms with Crippen LogP contribution < -0.4 is 31.7 Å². The van der Waals surface area contributed by atoms with E-state index < -0.39 is 6.04 Å². The number of nitrogens with one attached hydrogen (secondary N) is 4. The number of nitrogens with zero attached hydrogens (tertiary/aromatic N) is 2. The maximum atomic E-state index is 13.5. The second kappa shape index (κ2) is 17.1. The number of benzene rings is 3. The molecule has 1 aliphatic heterocycles. The summed E-state index contributed by atoms with van der Waals surface area (Å²) in [6.07, 6.45) is 4.64. The summed E-state index contributed by atoms with van der Waals surface area (Å²) >= 11 is 1.47. The van der Waals surface area contributed by atoms with Gasteiger partial charge in [-0.2, -0.15) is 0 Å². The average molecular weight is 724 g/mol. The monoisotopic (exact) mass is 723 g/mol. The normalized spacial score (nSPS) is 13.9. The van der Waals surface area contributed by atoms with E-state index in [0.717, 1.165) is 43.4 Å². The second-order valence-corrected chi connectivity index (χ2v) is 13.6. The van der Waals surface area contributed by atoms with E-state index in [1.165, 1.54) is 11.3 Å². The number of fused-ring (bicyclic) bond motifs is 1. The Hall–Kier alpha value is -5.60. The molecule has 1 fully saturated rings. The van der Waals surface area contributed by atoms with Crippen LogP contribution in [0.1, 0.15) is 74.4 Å². The van der Waals surface area contributed by atoms with E-state index in [4.69, 9.17) is 10.5 Å². The first kappa shape index (κ1) is 36.2. The van der Waals surface area contributed by atoms with E-state index in [1.807, 2.05) is 22.4 Å². The van der Waals surface area contributed by atoms with Crippen LogP contribution in [0.25, 0.3) is 0 Å². The lowest BCUT2D eigenvalue weighted by Gasteiger charge is -2.24. The summed E-state index contributed by atoms with van der Waals surface area (Å²) in [7, 11) is 0. The van der Waals surface area contributed by atoms with Gasteiger partial charge in [0.05, 0.1) is 22.9 Å². The van der Waals surface area contributed by atoms with Crippen LogP contribution in [0.4, 0.5) is 11.4 Å². The van der Waals surface area contributed by atoms with Crippen molar-refractivity contribution >= 4 is 52.2 Å². The Bertz CT molecular complexity index is 1900. The highest BCUT2D eigenvalue weighted by molar-refractivity contribution is 7.07. The van der Waals surface area contributed by atoms with Gasteiger partial charge >= 0.3 is 0 Å². The minimum absolute atomic E-state index is 0.0846. The molecule has 5 amide bonds. The summed E-state index contributed by atoms with van der Waals surface area (Å²) in [6, 6.07) is 18.4. The molecule has 14 heteroatoms. The molecule has 1 saturated carbocycles. The molecule has 13 nitrogen and oxygen atoms in total. The van der Waals surface area contributed by atoms with Gasteiger partial charge in [-0.25, -0.2) is 4.98 Å². The fourth-order valence-electron chi connectivity index (χ4n) is 5.72. The van der Waals surface area contributed by atoms with Gasteiger partial charge in [0.25, 0.3) is 23.6 Å². The smallest absolute Gasteiger partial charge is 0.262 e. The van der Waals surface area contributed by atoms with Gasteiger partial charge in [-0.1, -0.05) is 12.1 Å². The molecule has 1 atom stereocenters. The maximum absolute atomic E-state index is 13.5. The van der Waals surface area contributed by atoms with Crippen molar-refractivity contribution in [3.8, 4) is 5.75 Å². The van der Waals surface area contributed by atoms with E-state index in [2.05, 4.69) is 26.3 Å². The molecule has 270 valence electrons. The van der Waals surface area contributed by atoms with Crippen molar-refractivity contribution in [1.82, 2.24) is 20.5 Å². The molecule has 0 radical (unpaired) electrons. The molecule has 6 N–H and O–H groups in total. The molecular formula is C38H41N7O6S. The number of rotatable bonds is 16. The Kier molecular flexibility index (Phi) is 11.9. The van der Waals surface area contributed by atoms with Gasteiger partial charge in [-0.3, -0.25) is 24.0 Å². The van der Waals surface area contributed by atoms with E-state index in [-0.39, 0.29) is 42.2 Å². The number of nitrogens with two attached hydrogens (primary N) is 1. The molecule has 4 aromatic rings. The van der Waals surface area contributed by atoms with Crippen LogP contribution in [0.15, 0.2) is 77.6 Å². The summed E-state index contributed by atoms with van der Waals surface area (Å²) in [6.45, 7) is 1.33. The lowest BCUT2D eigenvalue weighted by atomic mass is 10.1. The van der Waals surface area contributed by atoms with Gasteiger partial charge < -0.3 is 36.6 Å². The number of unbranched alkanes of at least 4 members (excludes halogenated alkanes) is 2. The number of amides is 5. The molecule has 0 saturated heterocycles. The van der Waals surface area contributed by atoms with E-state index in [0.29, 0.717) is 59.9 Å². The van der Waals surface area contributed by atoms with Crippen molar-refractivity contribution in [2.45, 2.75) is 57.2 Å². The quantitative estimate of drug-likeness (QED) is 0.107. The largest absolute Gasteiger partial charge is 0.482 e. The van der Waals surface area contributed by atoms with Crippen molar-refractivity contribution in [3.63, 3.8) is 0 Å². The fourth-order valence-corrected chi connectivity index (χ4v) is 6.29. The van der Waals surface area contributed by atoms with Crippen LogP contribution in [0.2, 0.25) is 0 Å². The van der Waals surface area contributed by atoms with Crippen molar-refractivity contribution in [2.75, 3.05) is 30.3 Å². The molecule has 0 bridgehead atoms. The number of carbonyl (C=O) groups excluding carboxylic acids is 5. The molecule has 1 aliphatic carbocycles. The summed E-state index contributed by atoms with van der Waals surface area (Å²) in [4.78, 5) is 68.8. The molecular weight excluding hydrogens is 683 g/mol. The number of aromatic nitrogens is 1. The Labute approximate surface area is 305 Å². The minimum atomic E-state index is -0.626. The van der Waals surface area contributed by atoms with Crippen molar-refractivity contribution < 1.29 is 28.7 Å². The molecule has 52 heavy (non-hydrogen) atoms. The van der Waals surface area contributed by atoms with Crippen LogP contribution in [-0.2, 0) is 22.6 Å². The van der Waals surface area contributed by atoms with Gasteiger partial charge in [-0.15, -0.1) is 11.3 Å². The van der Waals surface area contributed by atoms with Crippen LogP contribution in [-0.4, -0.2) is 71.2 Å². The first-order valence-electron chi connectivity index (χ1n) is 17.3. The Morgan fingerprint density at radius 3 is 2.31 bits per heavy atom. The lowest BCUT2D eigenvalue weighted by molar-refractivity contribution is -0.122. The molecule has 0 unspecified atom stereocenters. The zero-order chi connectivity index (χ0) is 36.5. The molecule has 2 heterocycles. The maximum Gasteiger partial charge on any atom is 0.262 e. The predicted octanol–water partition coefficient (Wildman–Crippen LogP) is 4.12. The highest BCUT2D eigenvalue weighted by atomic mass is 32.1. The number of carbonyl (C=O) groups is 5. The van der Waals surface area contributed by atoms with Crippen molar-refractivity contribution in [1.29, 1.82) is 0 Å². The average Bonchev–Trinajstić information content (AvgIpc) is 3.87. The molecule has 2 aliphatic rings. The number of thiazole rings is 1. The van der Waals surface area contributed by atoms with Crippen LogP contribution in [0, 0.1) is 0 Å². The highest BCUT2D eigenvalue weighted by Crippen LogP contribution is 2.33. The number of ether oxygens (including phenoxy) is 1. The third kappa shape index (κ3) is 9.80. The Morgan fingerprint density at radius 2 is 1.60 bits per heavy atom. The number of anilines is 2. The van der Waals surface area contributed by atoms with E-state index in [1.54, 1.807) is 60.1 Å². The molecule has 1 aromatic heterocycles. The lowest BCUT2D eigenvalue weighted by Crippen LogP contribution is -2.42.